The van der Waals surface area contributed by atoms with Gasteiger partial charge in [0, 0.05) is 19.9 Å². The Morgan fingerprint density at radius 1 is 1.33 bits per heavy atom. The van der Waals surface area contributed by atoms with Crippen LogP contribution in [-0.2, 0) is 4.74 Å². The number of ether oxygens (including phenoxy) is 1. The first-order valence-corrected chi connectivity index (χ1v) is 4.38. The third-order valence-electron chi connectivity index (χ3n) is 1.24. The van der Waals surface area contributed by atoms with E-state index >= 15 is 0 Å². The quantitative estimate of drug-likeness (QED) is 0.355. The van der Waals surface area contributed by atoms with Crippen LogP contribution in [0.2, 0.25) is 0 Å². The lowest BCUT2D eigenvalue weighted by Crippen LogP contribution is -2.03. The summed E-state index contributed by atoms with van der Waals surface area (Å²) < 4.78 is 5.22. The highest BCUT2D eigenvalue weighted by atomic mass is 16.5. The molecule has 0 aromatic heterocycles. The molecule has 0 unspecified atom stereocenters. The highest BCUT2D eigenvalue weighted by Gasteiger charge is 2.01. The van der Waals surface area contributed by atoms with E-state index in [1.54, 1.807) is 7.05 Å². The van der Waals surface area contributed by atoms with E-state index in [0.29, 0.717) is 11.8 Å². The summed E-state index contributed by atoms with van der Waals surface area (Å²) in [5.41, 5.74) is 0. The Kier molecular flexibility index (Phi) is 9.54. The van der Waals surface area contributed by atoms with E-state index in [4.69, 9.17) is 4.74 Å². The van der Waals surface area contributed by atoms with E-state index in [2.05, 4.69) is 11.6 Å². The normalized spacial score (nSPS) is 10.4. The van der Waals surface area contributed by atoms with Gasteiger partial charge in [0.25, 0.3) is 0 Å². The fourth-order valence-corrected chi connectivity index (χ4v) is 0.353. The molecule has 0 aromatic rings. The van der Waals surface area contributed by atoms with Crippen molar-refractivity contribution in [3.8, 4) is 0 Å². The first-order chi connectivity index (χ1) is 5.57. The molecule has 0 atom stereocenters. The lowest BCUT2D eigenvalue weighted by molar-refractivity contribution is 0.357. The maximum absolute atomic E-state index is 5.22. The molecule has 0 fully saturated rings. The number of allylic oxidation sites excluding steroid dienone is 1. The van der Waals surface area contributed by atoms with E-state index in [1.165, 1.54) is 0 Å². The van der Waals surface area contributed by atoms with Crippen LogP contribution in [-0.4, -0.2) is 12.9 Å². The van der Waals surface area contributed by atoms with E-state index < -0.39 is 0 Å². The highest BCUT2D eigenvalue weighted by molar-refractivity contribution is 5.73. The molecule has 0 aliphatic rings. The van der Waals surface area contributed by atoms with Crippen molar-refractivity contribution in [2.24, 2.45) is 10.9 Å². The van der Waals surface area contributed by atoms with Crippen LogP contribution in [0, 0.1) is 5.92 Å². The monoisotopic (exact) mass is 171 g/mol. The van der Waals surface area contributed by atoms with Crippen LogP contribution in [0.3, 0.4) is 0 Å². The van der Waals surface area contributed by atoms with Gasteiger partial charge < -0.3 is 4.74 Å². The van der Waals surface area contributed by atoms with Crippen molar-refractivity contribution in [3.63, 3.8) is 0 Å². The summed E-state index contributed by atoms with van der Waals surface area (Å²) in [7, 11) is 1.70. The minimum atomic E-state index is 0.358. The molecule has 0 amide bonds. The summed E-state index contributed by atoms with van der Waals surface area (Å²) in [6.07, 6.45) is 0. The third-order valence-corrected chi connectivity index (χ3v) is 1.24. The topological polar surface area (TPSA) is 21.6 Å². The first-order valence-electron chi connectivity index (χ1n) is 4.38. The van der Waals surface area contributed by atoms with Gasteiger partial charge in [0.05, 0.1) is 0 Å². The predicted octanol–water partition coefficient (Wildman–Crippen LogP) is 3.25. The number of hydrogen-bond acceptors (Lipinski definition) is 2. The molecule has 0 aliphatic heterocycles. The summed E-state index contributed by atoms with van der Waals surface area (Å²) in [6, 6.07) is 0. The average molecular weight is 171 g/mol. The molecule has 0 N–H and O–H groups in total. The lowest BCUT2D eigenvalue weighted by atomic mass is 10.2. The molecule has 0 aliphatic carbocycles. The Morgan fingerprint density at radius 2 is 1.75 bits per heavy atom. The van der Waals surface area contributed by atoms with Gasteiger partial charge in [-0.15, -0.1) is 0 Å². The number of rotatable bonds is 2. The van der Waals surface area contributed by atoms with Crippen molar-refractivity contribution in [2.75, 3.05) is 7.05 Å². The Bertz CT molecular complexity index is 148. The molecule has 2 nitrogen and oxygen atoms in total. The predicted molar refractivity (Wildman–Crippen MR) is 55.4 cm³/mol. The highest BCUT2D eigenvalue weighted by Crippen LogP contribution is 2.07. The second-order valence-corrected chi connectivity index (χ2v) is 2.47. The van der Waals surface area contributed by atoms with Gasteiger partial charge in [-0.05, 0) is 0 Å². The number of aliphatic imine (C=N–C) groups is 1. The molecule has 0 saturated heterocycles. The Morgan fingerprint density at radius 3 is 2.00 bits per heavy atom. The van der Waals surface area contributed by atoms with Crippen molar-refractivity contribution in [1.29, 1.82) is 0 Å². The van der Waals surface area contributed by atoms with Gasteiger partial charge in [0.1, 0.15) is 5.76 Å². The van der Waals surface area contributed by atoms with Crippen LogP contribution >= 0.6 is 0 Å². The first kappa shape index (κ1) is 13.8. The fourth-order valence-electron chi connectivity index (χ4n) is 0.353. The van der Waals surface area contributed by atoms with Crippen LogP contribution in [0.15, 0.2) is 17.3 Å². The van der Waals surface area contributed by atoms with Crippen molar-refractivity contribution in [3.05, 3.63) is 12.3 Å². The van der Waals surface area contributed by atoms with Crippen LogP contribution in [0.25, 0.3) is 0 Å². The molecule has 2 heteroatoms. The summed E-state index contributed by atoms with van der Waals surface area (Å²) in [4.78, 5) is 3.84. The molecule has 0 radical (unpaired) electrons. The zero-order valence-corrected chi connectivity index (χ0v) is 9.14. The van der Waals surface area contributed by atoms with Crippen molar-refractivity contribution < 1.29 is 4.74 Å². The molecule has 0 bridgehead atoms. The van der Waals surface area contributed by atoms with Gasteiger partial charge in [0.15, 0.2) is 5.90 Å². The zero-order chi connectivity index (χ0) is 10.1. The second-order valence-electron chi connectivity index (χ2n) is 2.47. The largest absolute Gasteiger partial charge is 0.448 e. The molecule has 0 aromatic carbocycles. The van der Waals surface area contributed by atoms with Gasteiger partial charge in [-0.2, -0.15) is 0 Å². The molecular weight excluding hydrogens is 150 g/mol. The molecule has 12 heavy (non-hydrogen) atoms. The molecule has 0 heterocycles. The standard InChI is InChI=1S/C8H15NO.C2H6/c1-6(2)7(3)10-8(4)9-5;1-2/h6H,3H2,1-2,4-5H3;1-2H3. The van der Waals surface area contributed by atoms with E-state index in [9.17, 15) is 0 Å². The van der Waals surface area contributed by atoms with Crippen molar-refractivity contribution >= 4 is 5.90 Å². The zero-order valence-electron chi connectivity index (χ0n) is 9.14. The molecule has 0 rings (SSSR count). The number of nitrogens with zero attached hydrogens (tertiary/aromatic N) is 1. The summed E-state index contributed by atoms with van der Waals surface area (Å²) in [5.74, 6) is 1.79. The second kappa shape index (κ2) is 8.31. The SMILES string of the molecule is C=C(OC(C)=NC)C(C)C.CC. The minimum Gasteiger partial charge on any atom is -0.448 e. The van der Waals surface area contributed by atoms with Crippen molar-refractivity contribution in [1.82, 2.24) is 0 Å². The summed E-state index contributed by atoms with van der Waals surface area (Å²) in [5, 5.41) is 0. The molecule has 72 valence electrons. The van der Waals surface area contributed by atoms with Crippen molar-refractivity contribution in [2.45, 2.75) is 34.6 Å². The van der Waals surface area contributed by atoms with Crippen LogP contribution in [0.5, 0.6) is 0 Å². The van der Waals surface area contributed by atoms with Gasteiger partial charge >= 0.3 is 0 Å². The Labute approximate surface area is 76.3 Å². The molecule has 0 saturated carbocycles. The lowest BCUT2D eigenvalue weighted by Gasteiger charge is -2.09. The van der Waals surface area contributed by atoms with E-state index in [-0.39, 0.29) is 0 Å². The minimum absolute atomic E-state index is 0.358. The smallest absolute Gasteiger partial charge is 0.186 e. The third kappa shape index (κ3) is 7.32. The Hall–Kier alpha value is -0.790. The van der Waals surface area contributed by atoms with Crippen LogP contribution in [0.1, 0.15) is 34.6 Å². The van der Waals surface area contributed by atoms with Gasteiger partial charge in [-0.1, -0.05) is 34.3 Å². The Balaban J connectivity index is 0. The van der Waals surface area contributed by atoms with Gasteiger partial charge in [-0.25, -0.2) is 0 Å². The van der Waals surface area contributed by atoms with Crippen LogP contribution < -0.4 is 0 Å². The summed E-state index contributed by atoms with van der Waals surface area (Å²) >= 11 is 0. The molecular formula is C10H21NO. The average Bonchev–Trinajstić information content (AvgIpc) is 2.07. The van der Waals surface area contributed by atoms with Crippen LogP contribution in [0.4, 0.5) is 0 Å². The number of hydrogen-bond donors (Lipinski definition) is 0. The molecule has 0 spiro atoms. The maximum atomic E-state index is 5.22. The van der Waals surface area contributed by atoms with E-state index in [0.717, 1.165) is 5.76 Å². The van der Waals surface area contributed by atoms with Gasteiger partial charge in [-0.3, -0.25) is 4.99 Å². The van der Waals surface area contributed by atoms with Gasteiger partial charge in [0.2, 0.25) is 0 Å². The van der Waals surface area contributed by atoms with E-state index in [1.807, 2.05) is 34.6 Å². The summed E-state index contributed by atoms with van der Waals surface area (Å²) in [6.45, 7) is 13.6. The fraction of sp³-hybridized carbons (Fsp3) is 0.700. The maximum Gasteiger partial charge on any atom is 0.186 e.